The van der Waals surface area contributed by atoms with Crippen LogP contribution in [-0.2, 0) is 0 Å². The van der Waals surface area contributed by atoms with E-state index in [1.54, 1.807) is 8.88 Å². The Bertz CT molecular complexity index is 380. The molecule has 0 N–H and O–H groups in total. The number of nitrogens with zero attached hydrogens (tertiary/aromatic N) is 2. The molecule has 0 aliphatic carbocycles. The number of rotatable bonds is 14. The number of hydrogen-bond acceptors (Lipinski definition) is 2. The SMILES string of the molecule is CCCCCCCCN1P(Cl)(Cl)(Cl)N(CCCCCCCC)P1(Cl)(Cl)Cl. The van der Waals surface area contributed by atoms with Crippen LogP contribution in [0.1, 0.15) is 90.9 Å². The molecule has 26 heavy (non-hydrogen) atoms. The second-order valence-electron chi connectivity index (χ2n) is 7.20. The van der Waals surface area contributed by atoms with Crippen LogP contribution < -0.4 is 0 Å². The summed E-state index contributed by atoms with van der Waals surface area (Å²) < 4.78 is 3.26. The first-order valence-electron chi connectivity index (χ1n) is 9.86. The van der Waals surface area contributed by atoms with Gasteiger partial charge in [-0.1, -0.05) is 0 Å². The van der Waals surface area contributed by atoms with Crippen molar-refractivity contribution in [3.8, 4) is 0 Å². The van der Waals surface area contributed by atoms with Crippen molar-refractivity contribution >= 4 is 77.4 Å². The van der Waals surface area contributed by atoms with Crippen molar-refractivity contribution in [2.45, 2.75) is 90.9 Å². The molecule has 0 atom stereocenters. The van der Waals surface area contributed by atoms with Gasteiger partial charge in [-0.2, -0.15) is 0 Å². The summed E-state index contributed by atoms with van der Waals surface area (Å²) in [5.41, 5.74) is 0. The Morgan fingerprint density at radius 3 is 1.04 bits per heavy atom. The summed E-state index contributed by atoms with van der Waals surface area (Å²) in [6.07, 6.45) is 13.7. The molecule has 0 unspecified atom stereocenters. The quantitative estimate of drug-likeness (QED) is 0.163. The molecule has 0 amide bonds. The normalized spacial score (nSPS) is 26.9. The topological polar surface area (TPSA) is 6.48 Å². The molecule has 1 saturated heterocycles. The van der Waals surface area contributed by atoms with Crippen LogP contribution in [-0.4, -0.2) is 22.0 Å². The monoisotopic (exact) mass is 526 g/mol. The van der Waals surface area contributed by atoms with Crippen molar-refractivity contribution in [3.63, 3.8) is 0 Å². The molecule has 1 aliphatic heterocycles. The standard InChI is InChI=1S/C16H34Cl6N2P2/c1-3-5-7-9-11-13-15-23-25(17,18,19)24(26(23,20,21)22)16-14-12-10-8-6-4-2/h3-16H2,1-2H3. The Hall–Kier alpha value is 2.52. The first-order valence-corrected chi connectivity index (χ1v) is 19.6. The van der Waals surface area contributed by atoms with Gasteiger partial charge in [-0.15, -0.1) is 0 Å². The van der Waals surface area contributed by atoms with Crippen LogP contribution in [0, 0.1) is 0 Å². The Morgan fingerprint density at radius 1 is 0.462 bits per heavy atom. The molecule has 0 aromatic rings. The first kappa shape index (κ1) is 26.6. The molecule has 1 heterocycles. The fourth-order valence-electron chi connectivity index (χ4n) is 3.35. The van der Waals surface area contributed by atoms with Gasteiger partial charge in [0.25, 0.3) is 0 Å². The van der Waals surface area contributed by atoms with Gasteiger partial charge in [0, 0.05) is 0 Å². The van der Waals surface area contributed by atoms with Crippen LogP contribution in [0.4, 0.5) is 0 Å². The zero-order valence-corrected chi connectivity index (χ0v) is 22.3. The number of hydrogen-bond donors (Lipinski definition) is 0. The van der Waals surface area contributed by atoms with E-state index in [2.05, 4.69) is 13.8 Å². The summed E-state index contributed by atoms with van der Waals surface area (Å²) >= 11 is 40.1. The van der Waals surface area contributed by atoms with Crippen LogP contribution in [0.15, 0.2) is 0 Å². The van der Waals surface area contributed by atoms with Gasteiger partial charge in [0.05, 0.1) is 0 Å². The summed E-state index contributed by atoms with van der Waals surface area (Å²) in [5.74, 6) is 0. The van der Waals surface area contributed by atoms with Gasteiger partial charge in [0.15, 0.2) is 0 Å². The van der Waals surface area contributed by atoms with Crippen molar-refractivity contribution in [3.05, 3.63) is 0 Å². The van der Waals surface area contributed by atoms with E-state index < -0.39 is 9.93 Å². The molecule has 0 bridgehead atoms. The summed E-state index contributed by atoms with van der Waals surface area (Å²) in [6.45, 7) is 5.49. The Balaban J connectivity index is 2.54. The van der Waals surface area contributed by atoms with Gasteiger partial charge in [-0.3, -0.25) is 0 Å². The third kappa shape index (κ3) is 6.77. The molecule has 0 aromatic carbocycles. The molecule has 0 radical (unpaired) electrons. The fraction of sp³-hybridized carbons (Fsp3) is 1.00. The van der Waals surface area contributed by atoms with E-state index in [1.165, 1.54) is 51.4 Å². The van der Waals surface area contributed by atoms with E-state index in [0.717, 1.165) is 25.7 Å². The van der Waals surface area contributed by atoms with Gasteiger partial charge in [0.1, 0.15) is 0 Å². The number of halogens is 6. The first-order chi connectivity index (χ1) is 11.9. The molecular weight excluding hydrogens is 495 g/mol. The molecule has 1 rings (SSSR count). The zero-order valence-electron chi connectivity index (χ0n) is 16.0. The minimum atomic E-state index is -3.81. The fourth-order valence-corrected chi connectivity index (χ4v) is 32.4. The second-order valence-corrected chi connectivity index (χ2v) is 27.3. The molecule has 10 heteroatoms. The van der Waals surface area contributed by atoms with Crippen molar-refractivity contribution < 1.29 is 0 Å². The third-order valence-electron chi connectivity index (χ3n) is 4.88. The van der Waals surface area contributed by atoms with E-state index in [1.807, 2.05) is 0 Å². The Morgan fingerprint density at radius 2 is 0.731 bits per heavy atom. The van der Waals surface area contributed by atoms with E-state index in [9.17, 15) is 0 Å². The van der Waals surface area contributed by atoms with Crippen molar-refractivity contribution in [1.29, 1.82) is 0 Å². The molecular formula is C16H34Cl6N2P2. The minimum absolute atomic E-state index is 0.543. The molecule has 0 saturated carbocycles. The van der Waals surface area contributed by atoms with Crippen LogP contribution in [0.2, 0.25) is 0 Å². The van der Waals surface area contributed by atoms with Crippen LogP contribution >= 0.6 is 77.4 Å². The summed E-state index contributed by atoms with van der Waals surface area (Å²) in [5, 5.41) is 0. The maximum atomic E-state index is 6.68. The zero-order chi connectivity index (χ0) is 19.9. The Labute approximate surface area is 189 Å². The molecule has 1 fully saturated rings. The van der Waals surface area contributed by atoms with E-state index in [4.69, 9.17) is 67.4 Å². The number of unbranched alkanes of at least 4 members (excludes halogenated alkanes) is 10. The van der Waals surface area contributed by atoms with Gasteiger partial charge in [0.2, 0.25) is 0 Å². The van der Waals surface area contributed by atoms with E-state index in [-0.39, 0.29) is 0 Å². The average Bonchev–Trinajstić information content (AvgIpc) is 2.51. The van der Waals surface area contributed by atoms with E-state index in [0.29, 0.717) is 13.1 Å². The third-order valence-corrected chi connectivity index (χ3v) is 23.1. The van der Waals surface area contributed by atoms with Crippen LogP contribution in [0.3, 0.4) is 0 Å². The maximum absolute atomic E-state index is 6.68. The van der Waals surface area contributed by atoms with Crippen molar-refractivity contribution in [2.75, 3.05) is 13.1 Å². The van der Waals surface area contributed by atoms with E-state index >= 15 is 0 Å². The predicted molar refractivity (Wildman–Crippen MR) is 129 cm³/mol. The molecule has 0 spiro atoms. The summed E-state index contributed by atoms with van der Waals surface area (Å²) in [6, 6.07) is 0. The van der Waals surface area contributed by atoms with Crippen molar-refractivity contribution in [1.82, 2.24) is 8.88 Å². The van der Waals surface area contributed by atoms with Crippen LogP contribution in [0.5, 0.6) is 0 Å². The van der Waals surface area contributed by atoms with Crippen LogP contribution in [0.25, 0.3) is 0 Å². The van der Waals surface area contributed by atoms with Gasteiger partial charge >= 0.3 is 190 Å². The Kier molecular flexibility index (Phi) is 10.9. The summed E-state index contributed by atoms with van der Waals surface area (Å²) in [7, 11) is 0. The molecule has 1 aliphatic rings. The average molecular weight is 529 g/mol. The van der Waals surface area contributed by atoms with Gasteiger partial charge in [-0.25, -0.2) is 0 Å². The predicted octanol–water partition coefficient (Wildman–Crippen LogP) is 11.0. The molecule has 0 aromatic heterocycles. The molecule has 2 nitrogen and oxygen atoms in total. The molecule has 160 valence electrons. The van der Waals surface area contributed by atoms with Crippen molar-refractivity contribution in [2.24, 2.45) is 0 Å². The van der Waals surface area contributed by atoms with Gasteiger partial charge < -0.3 is 0 Å². The summed E-state index contributed by atoms with van der Waals surface area (Å²) in [4.78, 5) is -7.61. The second kappa shape index (κ2) is 10.7. The van der Waals surface area contributed by atoms with Gasteiger partial charge in [-0.05, 0) is 0 Å².